The molecule has 1 aliphatic carbocycles. The molecule has 0 unspecified atom stereocenters. The summed E-state index contributed by atoms with van der Waals surface area (Å²) in [6, 6.07) is 4.74. The minimum Gasteiger partial charge on any atom is -0.363 e. The van der Waals surface area contributed by atoms with E-state index in [0.29, 0.717) is 6.04 Å². The van der Waals surface area contributed by atoms with Gasteiger partial charge in [-0.15, -0.1) is 0 Å². The molecule has 0 atom stereocenters. The number of nitrogens with zero attached hydrogens (tertiary/aromatic N) is 4. The molecule has 0 radical (unpaired) electrons. The largest absolute Gasteiger partial charge is 0.363 e. The number of hydrogen-bond donors (Lipinski definition) is 1. The van der Waals surface area contributed by atoms with Crippen LogP contribution in [-0.4, -0.2) is 19.6 Å². The van der Waals surface area contributed by atoms with Gasteiger partial charge < -0.3 is 5.32 Å². The highest BCUT2D eigenvalue weighted by Gasteiger charge is 2.17. The monoisotopic (exact) mass is 273 g/mol. The van der Waals surface area contributed by atoms with Gasteiger partial charge in [-0.3, -0.25) is 9.36 Å². The minimum atomic E-state index is 0.618. The van der Waals surface area contributed by atoms with Gasteiger partial charge in [0, 0.05) is 25.0 Å². The van der Waals surface area contributed by atoms with Crippen molar-refractivity contribution < 1.29 is 0 Å². The van der Waals surface area contributed by atoms with Crippen LogP contribution in [0.5, 0.6) is 0 Å². The van der Waals surface area contributed by atoms with Crippen LogP contribution in [0.15, 0.2) is 24.5 Å². The summed E-state index contributed by atoms with van der Waals surface area (Å²) in [6.45, 7) is 3.87. The first-order chi connectivity index (χ1) is 9.85. The average molecular weight is 273 g/mol. The fourth-order valence-electron chi connectivity index (χ4n) is 2.83. The third-order valence-corrected chi connectivity index (χ3v) is 3.91. The highest BCUT2D eigenvalue weighted by Crippen LogP contribution is 2.28. The number of anilines is 1. The van der Waals surface area contributed by atoms with Crippen molar-refractivity contribution in [2.75, 3.05) is 5.32 Å². The summed E-state index contributed by atoms with van der Waals surface area (Å²) in [4.78, 5) is 0. The molecule has 5 nitrogen and oxygen atoms in total. The topological polar surface area (TPSA) is 47.7 Å². The van der Waals surface area contributed by atoms with Gasteiger partial charge in [-0.05, 0) is 25.3 Å². The van der Waals surface area contributed by atoms with Gasteiger partial charge in [0.05, 0.1) is 18.3 Å². The zero-order valence-electron chi connectivity index (χ0n) is 12.1. The number of aromatic nitrogens is 4. The number of aryl methyl sites for hydroxylation is 1. The Balaban J connectivity index is 1.54. The van der Waals surface area contributed by atoms with Crippen molar-refractivity contribution in [3.63, 3.8) is 0 Å². The number of nitrogens with one attached hydrogen (secondary N) is 1. The van der Waals surface area contributed by atoms with Crippen LogP contribution in [0.4, 0.5) is 5.82 Å². The van der Waals surface area contributed by atoms with Crippen molar-refractivity contribution in [1.82, 2.24) is 19.6 Å². The Labute approximate surface area is 120 Å². The molecular weight excluding hydrogens is 250 g/mol. The van der Waals surface area contributed by atoms with Gasteiger partial charge in [0.25, 0.3) is 0 Å². The molecule has 1 N–H and O–H groups in total. The smallest absolute Gasteiger partial charge is 0.148 e. The molecule has 0 aliphatic heterocycles. The highest BCUT2D eigenvalue weighted by atomic mass is 15.3. The summed E-state index contributed by atoms with van der Waals surface area (Å²) in [6.07, 6.45) is 10.5. The second-order valence-corrected chi connectivity index (χ2v) is 5.54. The molecule has 5 heteroatoms. The maximum absolute atomic E-state index is 4.67. The van der Waals surface area contributed by atoms with Crippen LogP contribution in [0.2, 0.25) is 0 Å². The normalized spacial score (nSPS) is 15.8. The van der Waals surface area contributed by atoms with E-state index in [2.05, 4.69) is 39.4 Å². The van der Waals surface area contributed by atoms with E-state index in [4.69, 9.17) is 0 Å². The van der Waals surface area contributed by atoms with Crippen molar-refractivity contribution >= 4 is 5.82 Å². The molecule has 1 fully saturated rings. The maximum atomic E-state index is 4.67. The predicted octanol–water partition coefficient (Wildman–Crippen LogP) is 3.22. The van der Waals surface area contributed by atoms with E-state index in [-0.39, 0.29) is 0 Å². The minimum absolute atomic E-state index is 0.618. The molecule has 2 aromatic rings. The number of hydrogen-bond acceptors (Lipinski definition) is 3. The van der Waals surface area contributed by atoms with E-state index in [1.165, 1.54) is 25.7 Å². The lowest BCUT2D eigenvalue weighted by Gasteiger charge is -2.08. The summed E-state index contributed by atoms with van der Waals surface area (Å²) >= 11 is 0. The first-order valence-corrected chi connectivity index (χ1v) is 7.66. The van der Waals surface area contributed by atoms with Crippen LogP contribution in [0.25, 0.3) is 0 Å². The molecule has 3 rings (SSSR count). The highest BCUT2D eigenvalue weighted by molar-refractivity contribution is 5.32. The molecule has 0 bridgehead atoms. The van der Waals surface area contributed by atoms with E-state index in [9.17, 15) is 0 Å². The van der Waals surface area contributed by atoms with Gasteiger partial charge >= 0.3 is 0 Å². The third kappa shape index (κ3) is 3.03. The standard InChI is InChI=1S/C15H23N5/c1-2-9-19-10-8-15(18-19)16-12-13-7-11-20(17-13)14-5-3-4-6-14/h7-8,10-11,14H,2-6,9,12H2,1H3,(H,16,18). The maximum Gasteiger partial charge on any atom is 0.148 e. The van der Waals surface area contributed by atoms with Gasteiger partial charge in [-0.2, -0.15) is 10.2 Å². The molecule has 108 valence electrons. The molecule has 2 heterocycles. The SMILES string of the molecule is CCCn1ccc(NCc2ccn(C3CCCC3)n2)n1. The Morgan fingerprint density at radius 1 is 1.20 bits per heavy atom. The molecular formula is C15H23N5. The predicted molar refractivity (Wildman–Crippen MR) is 79.6 cm³/mol. The Kier molecular flexibility index (Phi) is 4.04. The lowest BCUT2D eigenvalue weighted by atomic mass is 10.3. The van der Waals surface area contributed by atoms with Crippen molar-refractivity contribution in [3.8, 4) is 0 Å². The fraction of sp³-hybridized carbons (Fsp3) is 0.600. The lowest BCUT2D eigenvalue weighted by molar-refractivity contribution is 0.463. The number of rotatable bonds is 6. The molecule has 0 aromatic carbocycles. The third-order valence-electron chi connectivity index (χ3n) is 3.91. The molecule has 0 saturated heterocycles. The average Bonchev–Trinajstić information content (AvgIpc) is 3.18. The Bertz CT molecular complexity index is 536. The Morgan fingerprint density at radius 2 is 2.05 bits per heavy atom. The second kappa shape index (κ2) is 6.11. The van der Waals surface area contributed by atoms with E-state index in [0.717, 1.165) is 31.0 Å². The van der Waals surface area contributed by atoms with Gasteiger partial charge in [-0.25, -0.2) is 0 Å². The zero-order valence-corrected chi connectivity index (χ0v) is 12.1. The quantitative estimate of drug-likeness (QED) is 0.879. The van der Waals surface area contributed by atoms with Crippen LogP contribution in [0.3, 0.4) is 0 Å². The summed E-state index contributed by atoms with van der Waals surface area (Å²) < 4.78 is 4.11. The summed E-state index contributed by atoms with van der Waals surface area (Å²) in [5, 5.41) is 12.5. The van der Waals surface area contributed by atoms with Crippen molar-refractivity contribution in [2.24, 2.45) is 0 Å². The van der Waals surface area contributed by atoms with Crippen molar-refractivity contribution in [2.45, 2.75) is 58.2 Å². The lowest BCUT2D eigenvalue weighted by Crippen LogP contribution is -2.07. The van der Waals surface area contributed by atoms with Gasteiger partial charge in [0.2, 0.25) is 0 Å². The summed E-state index contributed by atoms with van der Waals surface area (Å²) in [5.41, 5.74) is 1.09. The second-order valence-electron chi connectivity index (χ2n) is 5.54. The van der Waals surface area contributed by atoms with Crippen molar-refractivity contribution in [3.05, 3.63) is 30.2 Å². The molecule has 0 amide bonds. The van der Waals surface area contributed by atoms with Crippen LogP contribution in [-0.2, 0) is 13.1 Å². The Morgan fingerprint density at radius 3 is 2.85 bits per heavy atom. The van der Waals surface area contributed by atoms with Gasteiger partial charge in [-0.1, -0.05) is 19.8 Å². The van der Waals surface area contributed by atoms with E-state index in [1.807, 2.05) is 16.9 Å². The van der Waals surface area contributed by atoms with Crippen LogP contribution in [0.1, 0.15) is 50.8 Å². The Hall–Kier alpha value is -1.78. The van der Waals surface area contributed by atoms with Crippen molar-refractivity contribution in [1.29, 1.82) is 0 Å². The van der Waals surface area contributed by atoms with Crippen LogP contribution < -0.4 is 5.32 Å². The van der Waals surface area contributed by atoms with E-state index >= 15 is 0 Å². The molecule has 0 spiro atoms. The zero-order chi connectivity index (χ0) is 13.8. The summed E-state index contributed by atoms with van der Waals surface area (Å²) in [7, 11) is 0. The molecule has 1 aliphatic rings. The first kappa shape index (κ1) is 13.2. The van der Waals surface area contributed by atoms with E-state index in [1.54, 1.807) is 0 Å². The molecule has 2 aromatic heterocycles. The van der Waals surface area contributed by atoms with Crippen LogP contribution in [0, 0.1) is 0 Å². The summed E-state index contributed by atoms with van der Waals surface area (Å²) in [5.74, 6) is 0.925. The van der Waals surface area contributed by atoms with Gasteiger partial charge in [0.15, 0.2) is 0 Å². The molecule has 20 heavy (non-hydrogen) atoms. The first-order valence-electron chi connectivity index (χ1n) is 7.66. The van der Waals surface area contributed by atoms with Crippen LogP contribution >= 0.6 is 0 Å². The van der Waals surface area contributed by atoms with Gasteiger partial charge in [0.1, 0.15) is 5.82 Å². The van der Waals surface area contributed by atoms with E-state index < -0.39 is 0 Å². The molecule has 1 saturated carbocycles. The fourth-order valence-corrected chi connectivity index (χ4v) is 2.83.